The Bertz CT molecular complexity index is 349. The standard InChI is InChI=1S/C14H23NO/c1-4-7-14(16,10-15)9-13-6-5-11(2)12(3)8-13/h5-6,8,16H,4,7,9-10,15H2,1-3H3. The molecule has 0 amide bonds. The zero-order valence-electron chi connectivity index (χ0n) is 10.6. The maximum Gasteiger partial charge on any atom is 0.0809 e. The lowest BCUT2D eigenvalue weighted by molar-refractivity contribution is 0.0399. The first kappa shape index (κ1) is 13.2. The molecule has 3 N–H and O–H groups in total. The number of aliphatic hydroxyl groups is 1. The van der Waals surface area contributed by atoms with Crippen molar-refractivity contribution in [3.63, 3.8) is 0 Å². The molecule has 1 atom stereocenters. The topological polar surface area (TPSA) is 46.2 Å². The number of aryl methyl sites for hydroxylation is 2. The second kappa shape index (κ2) is 5.46. The van der Waals surface area contributed by atoms with Gasteiger partial charge in [0.2, 0.25) is 0 Å². The molecule has 0 radical (unpaired) electrons. The predicted molar refractivity (Wildman–Crippen MR) is 68.5 cm³/mol. The van der Waals surface area contributed by atoms with Crippen molar-refractivity contribution in [2.75, 3.05) is 6.54 Å². The lowest BCUT2D eigenvalue weighted by atomic mass is 9.89. The number of hydrogen-bond donors (Lipinski definition) is 2. The van der Waals surface area contributed by atoms with Crippen LogP contribution >= 0.6 is 0 Å². The molecule has 90 valence electrons. The van der Waals surface area contributed by atoms with E-state index in [2.05, 4.69) is 39.0 Å². The van der Waals surface area contributed by atoms with Crippen molar-refractivity contribution in [2.24, 2.45) is 5.73 Å². The molecule has 0 aliphatic rings. The summed E-state index contributed by atoms with van der Waals surface area (Å²) < 4.78 is 0. The van der Waals surface area contributed by atoms with Crippen LogP contribution in [0.3, 0.4) is 0 Å². The maximum atomic E-state index is 10.3. The van der Waals surface area contributed by atoms with Gasteiger partial charge >= 0.3 is 0 Å². The van der Waals surface area contributed by atoms with E-state index < -0.39 is 5.60 Å². The molecule has 0 aromatic heterocycles. The number of hydrogen-bond acceptors (Lipinski definition) is 2. The Balaban J connectivity index is 2.81. The van der Waals surface area contributed by atoms with Crippen molar-refractivity contribution in [1.82, 2.24) is 0 Å². The fourth-order valence-electron chi connectivity index (χ4n) is 2.02. The second-order valence-corrected chi connectivity index (χ2v) is 4.77. The van der Waals surface area contributed by atoms with Gasteiger partial charge in [-0.2, -0.15) is 0 Å². The Morgan fingerprint density at radius 2 is 1.94 bits per heavy atom. The van der Waals surface area contributed by atoms with Gasteiger partial charge in [-0.1, -0.05) is 31.5 Å². The van der Waals surface area contributed by atoms with Crippen LogP contribution in [0, 0.1) is 13.8 Å². The van der Waals surface area contributed by atoms with Crippen LogP contribution < -0.4 is 5.73 Å². The Labute approximate surface area is 98.5 Å². The van der Waals surface area contributed by atoms with Gasteiger partial charge in [0.05, 0.1) is 5.60 Å². The van der Waals surface area contributed by atoms with Gasteiger partial charge in [-0.05, 0) is 37.0 Å². The van der Waals surface area contributed by atoms with Gasteiger partial charge in [0.1, 0.15) is 0 Å². The third-order valence-electron chi connectivity index (χ3n) is 3.20. The lowest BCUT2D eigenvalue weighted by Crippen LogP contribution is -2.39. The maximum absolute atomic E-state index is 10.3. The van der Waals surface area contributed by atoms with Crippen molar-refractivity contribution < 1.29 is 5.11 Å². The minimum Gasteiger partial charge on any atom is -0.388 e. The van der Waals surface area contributed by atoms with E-state index in [1.165, 1.54) is 16.7 Å². The van der Waals surface area contributed by atoms with E-state index in [1.54, 1.807) is 0 Å². The molecule has 0 heterocycles. The fraction of sp³-hybridized carbons (Fsp3) is 0.571. The third-order valence-corrected chi connectivity index (χ3v) is 3.20. The summed E-state index contributed by atoms with van der Waals surface area (Å²) in [5.74, 6) is 0. The zero-order valence-corrected chi connectivity index (χ0v) is 10.6. The molecule has 0 bridgehead atoms. The van der Waals surface area contributed by atoms with Crippen LogP contribution in [-0.2, 0) is 6.42 Å². The summed E-state index contributed by atoms with van der Waals surface area (Å²) in [6.07, 6.45) is 2.37. The van der Waals surface area contributed by atoms with Crippen LogP contribution in [0.25, 0.3) is 0 Å². The minimum absolute atomic E-state index is 0.327. The summed E-state index contributed by atoms with van der Waals surface area (Å²) in [6, 6.07) is 6.33. The summed E-state index contributed by atoms with van der Waals surface area (Å²) in [5, 5.41) is 10.3. The molecule has 0 aliphatic carbocycles. The molecule has 0 spiro atoms. The molecule has 0 fully saturated rings. The zero-order chi connectivity index (χ0) is 12.2. The second-order valence-electron chi connectivity index (χ2n) is 4.77. The first-order chi connectivity index (χ1) is 7.50. The highest BCUT2D eigenvalue weighted by molar-refractivity contribution is 5.30. The number of nitrogens with two attached hydrogens (primary N) is 1. The molecule has 1 aromatic carbocycles. The normalized spacial score (nSPS) is 14.8. The van der Waals surface area contributed by atoms with E-state index in [0.717, 1.165) is 12.8 Å². The summed E-state index contributed by atoms with van der Waals surface area (Å²) in [5.41, 5.74) is 8.65. The number of benzene rings is 1. The largest absolute Gasteiger partial charge is 0.388 e. The van der Waals surface area contributed by atoms with Crippen LogP contribution in [0.2, 0.25) is 0 Å². The molecule has 2 heteroatoms. The van der Waals surface area contributed by atoms with Gasteiger partial charge in [-0.25, -0.2) is 0 Å². The van der Waals surface area contributed by atoms with Gasteiger partial charge in [-0.3, -0.25) is 0 Å². The van der Waals surface area contributed by atoms with Crippen molar-refractivity contribution in [2.45, 2.75) is 45.6 Å². The van der Waals surface area contributed by atoms with E-state index in [9.17, 15) is 5.11 Å². The van der Waals surface area contributed by atoms with Crippen LogP contribution in [0.5, 0.6) is 0 Å². The van der Waals surface area contributed by atoms with E-state index >= 15 is 0 Å². The molecule has 1 rings (SSSR count). The average molecular weight is 221 g/mol. The first-order valence-corrected chi connectivity index (χ1v) is 5.99. The van der Waals surface area contributed by atoms with Crippen LogP contribution in [0.4, 0.5) is 0 Å². The monoisotopic (exact) mass is 221 g/mol. The van der Waals surface area contributed by atoms with Gasteiger partial charge in [0.25, 0.3) is 0 Å². The molecule has 0 aliphatic heterocycles. The quantitative estimate of drug-likeness (QED) is 0.801. The highest BCUT2D eigenvalue weighted by Gasteiger charge is 2.24. The van der Waals surface area contributed by atoms with Crippen molar-refractivity contribution in [3.8, 4) is 0 Å². The summed E-state index contributed by atoms with van der Waals surface area (Å²) in [7, 11) is 0. The lowest BCUT2D eigenvalue weighted by Gasteiger charge is -2.26. The third kappa shape index (κ3) is 3.32. The molecular formula is C14H23NO. The summed E-state index contributed by atoms with van der Waals surface area (Å²) in [6.45, 7) is 6.59. The van der Waals surface area contributed by atoms with E-state index in [4.69, 9.17) is 5.73 Å². The molecule has 1 aromatic rings. The molecule has 0 saturated carbocycles. The van der Waals surface area contributed by atoms with Crippen LogP contribution in [0.1, 0.15) is 36.5 Å². The Morgan fingerprint density at radius 1 is 1.25 bits per heavy atom. The van der Waals surface area contributed by atoms with Gasteiger partial charge in [0.15, 0.2) is 0 Å². The Hall–Kier alpha value is -0.860. The first-order valence-electron chi connectivity index (χ1n) is 5.99. The van der Waals surface area contributed by atoms with Crippen molar-refractivity contribution in [1.29, 1.82) is 0 Å². The molecule has 0 saturated heterocycles. The van der Waals surface area contributed by atoms with E-state index in [-0.39, 0.29) is 0 Å². The SMILES string of the molecule is CCCC(O)(CN)Cc1ccc(C)c(C)c1. The van der Waals surface area contributed by atoms with Crippen LogP contribution in [0.15, 0.2) is 18.2 Å². The molecule has 1 unspecified atom stereocenters. The van der Waals surface area contributed by atoms with Crippen molar-refractivity contribution in [3.05, 3.63) is 34.9 Å². The highest BCUT2D eigenvalue weighted by Crippen LogP contribution is 2.20. The average Bonchev–Trinajstić information content (AvgIpc) is 2.24. The molecule has 2 nitrogen and oxygen atoms in total. The summed E-state index contributed by atoms with van der Waals surface area (Å²) in [4.78, 5) is 0. The van der Waals surface area contributed by atoms with Crippen LogP contribution in [-0.4, -0.2) is 17.3 Å². The fourth-order valence-corrected chi connectivity index (χ4v) is 2.02. The Kier molecular flexibility index (Phi) is 4.51. The van der Waals surface area contributed by atoms with Gasteiger partial charge in [0, 0.05) is 13.0 Å². The smallest absolute Gasteiger partial charge is 0.0809 e. The van der Waals surface area contributed by atoms with E-state index in [0.29, 0.717) is 13.0 Å². The van der Waals surface area contributed by atoms with E-state index in [1.807, 2.05) is 0 Å². The van der Waals surface area contributed by atoms with Gasteiger partial charge < -0.3 is 10.8 Å². The highest BCUT2D eigenvalue weighted by atomic mass is 16.3. The predicted octanol–water partition coefficient (Wildman–Crippen LogP) is 2.34. The molecular weight excluding hydrogens is 198 g/mol. The molecule has 16 heavy (non-hydrogen) atoms. The number of rotatable bonds is 5. The minimum atomic E-state index is -0.740. The Morgan fingerprint density at radius 3 is 2.44 bits per heavy atom. The summed E-state index contributed by atoms with van der Waals surface area (Å²) >= 11 is 0. The van der Waals surface area contributed by atoms with Crippen molar-refractivity contribution >= 4 is 0 Å². The van der Waals surface area contributed by atoms with Gasteiger partial charge in [-0.15, -0.1) is 0 Å².